The first kappa shape index (κ1) is 16.8. The number of nitrogens with one attached hydrogen (secondary N) is 1. The molecule has 1 aliphatic heterocycles. The average molecular weight is 352 g/mol. The summed E-state index contributed by atoms with van der Waals surface area (Å²) in [5.41, 5.74) is 7.75. The van der Waals surface area contributed by atoms with Gasteiger partial charge in [-0.1, -0.05) is 51.1 Å². The molecule has 7 nitrogen and oxygen atoms in total. The molecule has 0 unspecified atom stereocenters. The van der Waals surface area contributed by atoms with Crippen molar-refractivity contribution in [2.75, 3.05) is 23.7 Å². The van der Waals surface area contributed by atoms with Gasteiger partial charge in [0.2, 0.25) is 5.95 Å². The predicted molar refractivity (Wildman–Crippen MR) is 102 cm³/mol. The minimum Gasteiger partial charge on any atom is -0.368 e. The maximum atomic E-state index is 6.47. The lowest BCUT2D eigenvalue weighted by atomic mass is 9.87. The Hall–Kier alpha value is -2.67. The van der Waals surface area contributed by atoms with E-state index in [1.54, 1.807) is 6.20 Å². The van der Waals surface area contributed by atoms with Crippen molar-refractivity contribution in [1.82, 2.24) is 20.2 Å². The molecular formula is C19H24N6O. The van der Waals surface area contributed by atoms with Crippen LogP contribution in [0.4, 0.5) is 11.8 Å². The Bertz CT molecular complexity index is 901. The van der Waals surface area contributed by atoms with E-state index >= 15 is 0 Å². The molecule has 3 N–H and O–H groups in total. The Kier molecular flexibility index (Phi) is 4.03. The summed E-state index contributed by atoms with van der Waals surface area (Å²) in [6.45, 7) is 8.04. The van der Waals surface area contributed by atoms with Gasteiger partial charge in [-0.05, 0) is 11.0 Å². The first-order chi connectivity index (χ1) is 12.4. The van der Waals surface area contributed by atoms with Gasteiger partial charge in [-0.3, -0.25) is 5.10 Å². The highest BCUT2D eigenvalue weighted by atomic mass is 16.5. The van der Waals surface area contributed by atoms with E-state index in [4.69, 9.17) is 10.5 Å². The largest absolute Gasteiger partial charge is 0.368 e. The highest BCUT2D eigenvalue weighted by molar-refractivity contribution is 5.87. The number of benzene rings is 1. The fourth-order valence-electron chi connectivity index (χ4n) is 3.34. The highest BCUT2D eigenvalue weighted by Crippen LogP contribution is 2.36. The van der Waals surface area contributed by atoms with Crippen molar-refractivity contribution in [3.05, 3.63) is 42.1 Å². The Balaban J connectivity index is 1.75. The fourth-order valence-corrected chi connectivity index (χ4v) is 3.34. The first-order valence-corrected chi connectivity index (χ1v) is 8.84. The van der Waals surface area contributed by atoms with E-state index in [0.29, 0.717) is 12.2 Å². The van der Waals surface area contributed by atoms with Gasteiger partial charge in [0.05, 0.1) is 17.7 Å². The molecule has 2 atom stereocenters. The molecule has 0 amide bonds. The van der Waals surface area contributed by atoms with E-state index in [1.165, 1.54) is 0 Å². The number of morpholine rings is 1. The first-order valence-electron chi connectivity index (χ1n) is 8.84. The molecular weight excluding hydrogens is 328 g/mol. The molecule has 1 aliphatic rings. The van der Waals surface area contributed by atoms with Crippen LogP contribution in [0.5, 0.6) is 0 Å². The summed E-state index contributed by atoms with van der Waals surface area (Å²) in [5.74, 6) is 1.05. The van der Waals surface area contributed by atoms with Gasteiger partial charge in [-0.2, -0.15) is 15.1 Å². The number of H-pyrrole nitrogens is 1. The third-order valence-corrected chi connectivity index (χ3v) is 4.84. The second kappa shape index (κ2) is 6.25. The minimum atomic E-state index is -0.0349. The van der Waals surface area contributed by atoms with E-state index in [2.05, 4.69) is 58.0 Å². The van der Waals surface area contributed by atoms with E-state index in [1.807, 2.05) is 18.2 Å². The molecule has 136 valence electrons. The van der Waals surface area contributed by atoms with Crippen molar-refractivity contribution in [3.63, 3.8) is 0 Å². The minimum absolute atomic E-state index is 0.000211. The Labute approximate surface area is 152 Å². The van der Waals surface area contributed by atoms with E-state index < -0.39 is 0 Å². The number of aromatic nitrogens is 4. The summed E-state index contributed by atoms with van der Waals surface area (Å²) in [6, 6.07) is 10.3. The number of aromatic amines is 1. The van der Waals surface area contributed by atoms with E-state index in [9.17, 15) is 0 Å². The van der Waals surface area contributed by atoms with Gasteiger partial charge in [0.15, 0.2) is 5.65 Å². The van der Waals surface area contributed by atoms with Crippen LogP contribution in [0.25, 0.3) is 11.0 Å². The number of fused-ring (bicyclic) bond motifs is 1. The molecule has 0 bridgehead atoms. The van der Waals surface area contributed by atoms with Crippen molar-refractivity contribution >= 4 is 22.8 Å². The van der Waals surface area contributed by atoms with Crippen LogP contribution in [0.1, 0.15) is 32.4 Å². The summed E-state index contributed by atoms with van der Waals surface area (Å²) >= 11 is 0. The van der Waals surface area contributed by atoms with E-state index in [-0.39, 0.29) is 23.6 Å². The summed E-state index contributed by atoms with van der Waals surface area (Å²) in [5, 5.41) is 7.86. The predicted octanol–water partition coefficient (Wildman–Crippen LogP) is 2.93. The molecule has 1 aromatic carbocycles. The average Bonchev–Trinajstić information content (AvgIpc) is 3.09. The third kappa shape index (κ3) is 3.10. The number of ether oxygens (including phenoxy) is 1. The fraction of sp³-hybridized carbons (Fsp3) is 0.421. The van der Waals surface area contributed by atoms with Crippen LogP contribution in [0.2, 0.25) is 0 Å². The molecule has 0 radical (unpaired) electrons. The zero-order valence-electron chi connectivity index (χ0n) is 15.3. The summed E-state index contributed by atoms with van der Waals surface area (Å²) in [6.07, 6.45) is 1.77. The van der Waals surface area contributed by atoms with Crippen LogP contribution in [0.3, 0.4) is 0 Å². The van der Waals surface area contributed by atoms with Gasteiger partial charge in [0.1, 0.15) is 11.9 Å². The standard InChI is InChI=1S/C19H24N6O/c1-19(2,3)15-11-25(10-14(26-15)12-7-5-4-6-8-12)17-13-9-21-24-16(13)22-18(20)23-17/h4-9,14-15H,10-11H2,1-3H3,(H3,20,21,22,23,24)/t14-,15+/m0/s1. The summed E-state index contributed by atoms with van der Waals surface area (Å²) < 4.78 is 6.47. The van der Waals surface area contributed by atoms with Crippen LogP contribution < -0.4 is 10.6 Å². The molecule has 3 heterocycles. The number of hydrogen-bond acceptors (Lipinski definition) is 6. The number of hydrogen-bond donors (Lipinski definition) is 2. The van der Waals surface area contributed by atoms with Crippen LogP contribution >= 0.6 is 0 Å². The lowest BCUT2D eigenvalue weighted by molar-refractivity contribution is -0.0792. The van der Waals surface area contributed by atoms with Crippen molar-refractivity contribution in [2.24, 2.45) is 5.41 Å². The van der Waals surface area contributed by atoms with Gasteiger partial charge in [-0.15, -0.1) is 0 Å². The Morgan fingerprint density at radius 3 is 2.65 bits per heavy atom. The monoisotopic (exact) mass is 352 g/mol. The number of nitrogen functional groups attached to an aromatic ring is 1. The molecule has 0 saturated carbocycles. The van der Waals surface area contributed by atoms with Gasteiger partial charge < -0.3 is 15.4 Å². The summed E-state index contributed by atoms with van der Waals surface area (Å²) in [4.78, 5) is 11.0. The van der Waals surface area contributed by atoms with Gasteiger partial charge >= 0.3 is 0 Å². The Morgan fingerprint density at radius 2 is 1.92 bits per heavy atom. The molecule has 1 fully saturated rings. The van der Waals surface area contributed by atoms with Crippen molar-refractivity contribution < 1.29 is 4.74 Å². The topological polar surface area (TPSA) is 93.0 Å². The quantitative estimate of drug-likeness (QED) is 0.736. The van der Waals surface area contributed by atoms with Gasteiger partial charge in [-0.25, -0.2) is 0 Å². The van der Waals surface area contributed by atoms with Crippen molar-refractivity contribution in [1.29, 1.82) is 0 Å². The molecule has 7 heteroatoms. The second-order valence-electron chi connectivity index (χ2n) is 7.83. The maximum absolute atomic E-state index is 6.47. The van der Waals surface area contributed by atoms with E-state index in [0.717, 1.165) is 23.3 Å². The molecule has 4 rings (SSSR count). The molecule has 0 aliphatic carbocycles. The molecule has 0 spiro atoms. The van der Waals surface area contributed by atoms with Crippen molar-refractivity contribution in [2.45, 2.75) is 33.0 Å². The molecule has 1 saturated heterocycles. The lowest BCUT2D eigenvalue weighted by Crippen LogP contribution is -2.49. The van der Waals surface area contributed by atoms with Gasteiger partial charge in [0.25, 0.3) is 0 Å². The number of rotatable bonds is 2. The number of anilines is 2. The second-order valence-corrected chi connectivity index (χ2v) is 7.83. The zero-order chi connectivity index (χ0) is 18.3. The maximum Gasteiger partial charge on any atom is 0.224 e. The van der Waals surface area contributed by atoms with Crippen LogP contribution in [-0.4, -0.2) is 39.4 Å². The van der Waals surface area contributed by atoms with Crippen molar-refractivity contribution in [3.8, 4) is 0 Å². The lowest BCUT2D eigenvalue weighted by Gasteiger charge is -2.44. The summed E-state index contributed by atoms with van der Waals surface area (Å²) in [7, 11) is 0. The van der Waals surface area contributed by atoms with Crippen LogP contribution in [0.15, 0.2) is 36.5 Å². The normalized spacial score (nSPS) is 21.3. The zero-order valence-corrected chi connectivity index (χ0v) is 15.3. The third-order valence-electron chi connectivity index (χ3n) is 4.84. The SMILES string of the molecule is CC(C)(C)[C@H]1CN(c2nc(N)nc3[nH]ncc23)C[C@@H](c2ccccc2)O1. The Morgan fingerprint density at radius 1 is 1.15 bits per heavy atom. The van der Waals surface area contributed by atoms with Crippen LogP contribution in [0, 0.1) is 5.41 Å². The molecule has 3 aromatic rings. The highest BCUT2D eigenvalue weighted by Gasteiger charge is 2.37. The number of nitrogens with zero attached hydrogens (tertiary/aromatic N) is 4. The van der Waals surface area contributed by atoms with Crippen LogP contribution in [-0.2, 0) is 4.74 Å². The number of nitrogens with two attached hydrogens (primary N) is 1. The molecule has 2 aromatic heterocycles. The molecule has 26 heavy (non-hydrogen) atoms. The smallest absolute Gasteiger partial charge is 0.224 e. The van der Waals surface area contributed by atoms with Gasteiger partial charge in [0, 0.05) is 13.1 Å².